The first kappa shape index (κ1) is 16.5. The minimum atomic E-state index is -0.526. The molecular formula is C18H17N3O4. The molecule has 0 saturated heterocycles. The molecular weight excluding hydrogens is 322 g/mol. The first-order chi connectivity index (χ1) is 12.2. The molecule has 1 aromatic heterocycles. The van der Waals surface area contributed by atoms with Crippen LogP contribution in [0, 0.1) is 0 Å². The normalized spacial score (nSPS) is 11.6. The SMILES string of the molecule is COC(=O)Nc1ccc(O[C@H](C)c2noc(-c3ccccc3)n2)cc1. The molecule has 0 bridgehead atoms. The van der Waals surface area contributed by atoms with E-state index in [4.69, 9.17) is 9.26 Å². The van der Waals surface area contributed by atoms with Gasteiger partial charge in [-0.1, -0.05) is 23.4 Å². The topological polar surface area (TPSA) is 86.5 Å². The summed E-state index contributed by atoms with van der Waals surface area (Å²) in [5.74, 6) is 1.52. The monoisotopic (exact) mass is 339 g/mol. The molecule has 1 N–H and O–H groups in total. The summed E-state index contributed by atoms with van der Waals surface area (Å²) in [6.07, 6.45) is -0.914. The smallest absolute Gasteiger partial charge is 0.411 e. The maximum absolute atomic E-state index is 11.2. The molecule has 0 unspecified atom stereocenters. The van der Waals surface area contributed by atoms with Gasteiger partial charge in [0.2, 0.25) is 5.82 Å². The molecule has 1 atom stereocenters. The predicted octanol–water partition coefficient (Wildman–Crippen LogP) is 4.05. The Labute approximate surface area is 144 Å². The lowest BCUT2D eigenvalue weighted by Crippen LogP contribution is -2.10. The van der Waals surface area contributed by atoms with E-state index < -0.39 is 6.09 Å². The van der Waals surface area contributed by atoms with Crippen molar-refractivity contribution in [3.63, 3.8) is 0 Å². The van der Waals surface area contributed by atoms with Crippen molar-refractivity contribution < 1.29 is 18.8 Å². The predicted molar refractivity (Wildman–Crippen MR) is 91.2 cm³/mol. The van der Waals surface area contributed by atoms with Crippen molar-refractivity contribution in [2.75, 3.05) is 12.4 Å². The van der Waals surface area contributed by atoms with Gasteiger partial charge >= 0.3 is 6.09 Å². The van der Waals surface area contributed by atoms with Gasteiger partial charge in [0.05, 0.1) is 7.11 Å². The molecule has 7 nitrogen and oxygen atoms in total. The van der Waals surface area contributed by atoms with Crippen LogP contribution in [0.3, 0.4) is 0 Å². The molecule has 7 heteroatoms. The first-order valence-corrected chi connectivity index (χ1v) is 7.66. The second kappa shape index (κ2) is 7.48. The van der Waals surface area contributed by atoms with Crippen molar-refractivity contribution in [2.45, 2.75) is 13.0 Å². The van der Waals surface area contributed by atoms with Crippen LogP contribution in [0.1, 0.15) is 18.9 Å². The van der Waals surface area contributed by atoms with Crippen LogP contribution < -0.4 is 10.1 Å². The van der Waals surface area contributed by atoms with Gasteiger partial charge in [0.1, 0.15) is 5.75 Å². The van der Waals surface area contributed by atoms with Gasteiger partial charge in [-0.25, -0.2) is 4.79 Å². The summed E-state index contributed by atoms with van der Waals surface area (Å²) in [7, 11) is 1.31. The second-order valence-electron chi connectivity index (χ2n) is 5.22. The van der Waals surface area contributed by atoms with E-state index in [9.17, 15) is 4.79 Å². The van der Waals surface area contributed by atoms with E-state index >= 15 is 0 Å². The third kappa shape index (κ3) is 4.14. The molecule has 2 aromatic carbocycles. The fourth-order valence-corrected chi connectivity index (χ4v) is 2.14. The molecule has 3 rings (SSSR count). The van der Waals surface area contributed by atoms with Crippen LogP contribution in [-0.4, -0.2) is 23.3 Å². The Balaban J connectivity index is 1.65. The highest BCUT2D eigenvalue weighted by molar-refractivity contribution is 5.84. The van der Waals surface area contributed by atoms with E-state index in [1.165, 1.54) is 7.11 Å². The fourth-order valence-electron chi connectivity index (χ4n) is 2.14. The number of ether oxygens (including phenoxy) is 2. The molecule has 0 radical (unpaired) electrons. The molecule has 0 spiro atoms. The van der Waals surface area contributed by atoms with Crippen molar-refractivity contribution in [2.24, 2.45) is 0 Å². The van der Waals surface area contributed by atoms with Gasteiger partial charge in [-0.3, -0.25) is 5.32 Å². The first-order valence-electron chi connectivity index (χ1n) is 7.66. The molecule has 1 heterocycles. The zero-order valence-electron chi connectivity index (χ0n) is 13.8. The summed E-state index contributed by atoms with van der Waals surface area (Å²) in [6, 6.07) is 16.4. The van der Waals surface area contributed by atoms with E-state index in [2.05, 4.69) is 20.2 Å². The standard InChI is InChI=1S/C18H17N3O4/c1-12(16-20-17(25-21-16)13-6-4-3-5-7-13)24-15-10-8-14(9-11-15)19-18(22)23-2/h3-12H,1-2H3,(H,19,22)/t12-/m1/s1. The third-order valence-electron chi connectivity index (χ3n) is 3.43. The average molecular weight is 339 g/mol. The Bertz CT molecular complexity index is 831. The van der Waals surface area contributed by atoms with Gasteiger partial charge in [-0.05, 0) is 43.3 Å². The van der Waals surface area contributed by atoms with Crippen molar-refractivity contribution in [3.05, 3.63) is 60.4 Å². The van der Waals surface area contributed by atoms with E-state index in [1.54, 1.807) is 24.3 Å². The van der Waals surface area contributed by atoms with Crippen molar-refractivity contribution >= 4 is 11.8 Å². The van der Waals surface area contributed by atoms with Crippen molar-refractivity contribution in [1.82, 2.24) is 10.1 Å². The molecule has 25 heavy (non-hydrogen) atoms. The number of carbonyl (C=O) groups is 1. The molecule has 0 aliphatic heterocycles. The van der Waals surface area contributed by atoms with Crippen LogP contribution >= 0.6 is 0 Å². The molecule has 1 amide bonds. The molecule has 0 saturated carbocycles. The van der Waals surface area contributed by atoms with Crippen molar-refractivity contribution in [3.8, 4) is 17.2 Å². The molecule has 0 fully saturated rings. The second-order valence-corrected chi connectivity index (χ2v) is 5.22. The van der Waals surface area contributed by atoms with Gasteiger partial charge in [0.15, 0.2) is 6.10 Å². The molecule has 3 aromatic rings. The zero-order valence-corrected chi connectivity index (χ0v) is 13.8. The summed E-state index contributed by atoms with van der Waals surface area (Å²) < 4.78 is 15.6. The number of carbonyl (C=O) groups excluding carboxylic acids is 1. The maximum atomic E-state index is 11.2. The van der Waals surface area contributed by atoms with Crippen LogP contribution in [0.4, 0.5) is 10.5 Å². The number of methoxy groups -OCH3 is 1. The Morgan fingerprint density at radius 3 is 2.52 bits per heavy atom. The number of nitrogens with one attached hydrogen (secondary N) is 1. The summed E-state index contributed by atoms with van der Waals surface area (Å²) in [4.78, 5) is 15.5. The number of benzene rings is 2. The fraction of sp³-hybridized carbons (Fsp3) is 0.167. The van der Waals surface area contributed by atoms with Gasteiger partial charge in [-0.2, -0.15) is 4.98 Å². The van der Waals surface area contributed by atoms with E-state index in [0.717, 1.165) is 5.56 Å². The summed E-state index contributed by atoms with van der Waals surface area (Å²) >= 11 is 0. The Morgan fingerprint density at radius 2 is 1.84 bits per heavy atom. The van der Waals surface area contributed by atoms with Crippen LogP contribution in [0.2, 0.25) is 0 Å². The van der Waals surface area contributed by atoms with E-state index in [0.29, 0.717) is 23.2 Å². The highest BCUT2D eigenvalue weighted by Crippen LogP contribution is 2.24. The number of amides is 1. The summed E-state index contributed by atoms with van der Waals surface area (Å²) in [5.41, 5.74) is 1.46. The third-order valence-corrected chi connectivity index (χ3v) is 3.43. The molecule has 0 aliphatic carbocycles. The highest BCUT2D eigenvalue weighted by atomic mass is 16.5. The average Bonchev–Trinajstić information content (AvgIpc) is 3.14. The Morgan fingerprint density at radius 1 is 1.12 bits per heavy atom. The quantitative estimate of drug-likeness (QED) is 0.754. The largest absolute Gasteiger partial charge is 0.483 e. The minimum Gasteiger partial charge on any atom is -0.483 e. The summed E-state index contributed by atoms with van der Waals surface area (Å²) in [6.45, 7) is 1.83. The minimum absolute atomic E-state index is 0.388. The molecule has 0 aliphatic rings. The number of aromatic nitrogens is 2. The van der Waals surface area contributed by atoms with Crippen LogP contribution in [0.15, 0.2) is 59.1 Å². The number of hydrogen-bond acceptors (Lipinski definition) is 6. The molecule has 128 valence electrons. The number of rotatable bonds is 5. The maximum Gasteiger partial charge on any atom is 0.411 e. The van der Waals surface area contributed by atoms with Gasteiger partial charge in [0, 0.05) is 11.3 Å². The van der Waals surface area contributed by atoms with Crippen LogP contribution in [0.5, 0.6) is 5.75 Å². The van der Waals surface area contributed by atoms with Gasteiger partial charge < -0.3 is 14.0 Å². The Hall–Kier alpha value is -3.35. The lowest BCUT2D eigenvalue weighted by atomic mass is 10.2. The zero-order chi connectivity index (χ0) is 17.6. The lowest BCUT2D eigenvalue weighted by Gasteiger charge is -2.11. The number of nitrogens with zero attached hydrogens (tertiary/aromatic N) is 2. The number of hydrogen-bond donors (Lipinski definition) is 1. The summed E-state index contributed by atoms with van der Waals surface area (Å²) in [5, 5.41) is 6.54. The van der Waals surface area contributed by atoms with E-state index in [1.807, 2.05) is 37.3 Å². The van der Waals surface area contributed by atoms with Gasteiger partial charge in [-0.15, -0.1) is 0 Å². The van der Waals surface area contributed by atoms with Crippen molar-refractivity contribution in [1.29, 1.82) is 0 Å². The van der Waals surface area contributed by atoms with Crippen LogP contribution in [-0.2, 0) is 4.74 Å². The van der Waals surface area contributed by atoms with E-state index in [-0.39, 0.29) is 6.10 Å². The Kier molecular flexibility index (Phi) is 4.94. The highest BCUT2D eigenvalue weighted by Gasteiger charge is 2.16. The lowest BCUT2D eigenvalue weighted by molar-refractivity contribution is 0.187. The number of anilines is 1. The van der Waals surface area contributed by atoms with Gasteiger partial charge in [0.25, 0.3) is 5.89 Å². The van der Waals surface area contributed by atoms with Crippen LogP contribution in [0.25, 0.3) is 11.5 Å².